The Morgan fingerprint density at radius 1 is 1.55 bits per heavy atom. The molecule has 1 aliphatic carbocycles. The maximum absolute atomic E-state index is 11.7. The standard InChI is InChI=1S/C11H18N4O4S/c1-20(17,18)9-4-2-3-8(5-9)19-10(16)6-15-7-13-11(12)14-15/h7-9H,2-6H2,1H3,(H2,12,14). The number of ether oxygens (including phenoxy) is 1. The Morgan fingerprint density at radius 3 is 2.90 bits per heavy atom. The number of carbonyl (C=O) groups is 1. The topological polar surface area (TPSA) is 117 Å². The van der Waals surface area contributed by atoms with Crippen molar-refractivity contribution in [1.82, 2.24) is 14.8 Å². The molecule has 0 spiro atoms. The summed E-state index contributed by atoms with van der Waals surface area (Å²) in [5.41, 5.74) is 5.34. The number of esters is 1. The lowest BCUT2D eigenvalue weighted by Gasteiger charge is -2.27. The van der Waals surface area contributed by atoms with E-state index >= 15 is 0 Å². The first-order chi connectivity index (χ1) is 9.34. The molecule has 20 heavy (non-hydrogen) atoms. The van der Waals surface area contributed by atoms with E-state index in [9.17, 15) is 13.2 Å². The van der Waals surface area contributed by atoms with Gasteiger partial charge in [-0.25, -0.2) is 18.1 Å². The molecule has 1 aliphatic rings. The lowest BCUT2D eigenvalue weighted by atomic mass is 9.97. The molecule has 0 aliphatic heterocycles. The molecule has 2 atom stereocenters. The van der Waals surface area contributed by atoms with E-state index in [1.165, 1.54) is 17.3 Å². The van der Waals surface area contributed by atoms with E-state index in [1.54, 1.807) is 0 Å². The number of nitrogens with two attached hydrogens (primary N) is 1. The quantitative estimate of drug-likeness (QED) is 0.763. The van der Waals surface area contributed by atoms with Crippen molar-refractivity contribution in [3.05, 3.63) is 6.33 Å². The molecule has 1 aromatic rings. The zero-order valence-corrected chi connectivity index (χ0v) is 12.0. The SMILES string of the molecule is CS(=O)(=O)C1CCCC(OC(=O)Cn2cnc(N)n2)C1. The Hall–Kier alpha value is -1.64. The average Bonchev–Trinajstić information content (AvgIpc) is 2.73. The second-order valence-electron chi connectivity index (χ2n) is 5.03. The third kappa shape index (κ3) is 3.92. The van der Waals surface area contributed by atoms with E-state index < -0.39 is 21.1 Å². The minimum absolute atomic E-state index is 0.0791. The maximum Gasteiger partial charge on any atom is 0.328 e. The molecule has 2 rings (SSSR count). The van der Waals surface area contributed by atoms with E-state index in [4.69, 9.17) is 10.5 Å². The molecule has 0 saturated heterocycles. The van der Waals surface area contributed by atoms with Crippen molar-refractivity contribution in [1.29, 1.82) is 0 Å². The molecular formula is C11H18N4O4S. The van der Waals surface area contributed by atoms with E-state index in [0.717, 1.165) is 6.42 Å². The number of sulfone groups is 1. The van der Waals surface area contributed by atoms with E-state index in [2.05, 4.69) is 10.1 Å². The second kappa shape index (κ2) is 5.78. The molecule has 0 radical (unpaired) electrons. The van der Waals surface area contributed by atoms with Crippen LogP contribution in [0.4, 0.5) is 5.95 Å². The fourth-order valence-electron chi connectivity index (χ4n) is 2.34. The predicted molar refractivity (Wildman–Crippen MR) is 71.4 cm³/mol. The number of aromatic nitrogens is 3. The van der Waals surface area contributed by atoms with Gasteiger partial charge in [0, 0.05) is 12.7 Å². The van der Waals surface area contributed by atoms with Crippen LogP contribution in [0.25, 0.3) is 0 Å². The summed E-state index contributed by atoms with van der Waals surface area (Å²) in [7, 11) is -3.09. The molecule has 1 saturated carbocycles. The molecule has 0 bridgehead atoms. The monoisotopic (exact) mass is 302 g/mol. The number of hydrogen-bond acceptors (Lipinski definition) is 7. The predicted octanol–water partition coefficient (Wildman–Crippen LogP) is -0.241. The Balaban J connectivity index is 1.88. The molecule has 112 valence electrons. The van der Waals surface area contributed by atoms with Gasteiger partial charge in [-0.3, -0.25) is 4.79 Å². The Labute approximate surface area is 117 Å². The summed E-state index contributed by atoms with van der Waals surface area (Å²) < 4.78 is 29.7. The summed E-state index contributed by atoms with van der Waals surface area (Å²) in [5, 5.41) is 3.36. The smallest absolute Gasteiger partial charge is 0.328 e. The van der Waals surface area contributed by atoms with Crippen LogP contribution in [0.5, 0.6) is 0 Å². The second-order valence-corrected chi connectivity index (χ2v) is 7.36. The van der Waals surface area contributed by atoms with Gasteiger partial charge < -0.3 is 10.5 Å². The summed E-state index contributed by atoms with van der Waals surface area (Å²) in [6, 6.07) is 0. The molecule has 9 heteroatoms. The summed E-state index contributed by atoms with van der Waals surface area (Å²) in [5.74, 6) is -0.373. The number of carbonyl (C=O) groups excluding carboxylic acids is 1. The van der Waals surface area contributed by atoms with Crippen molar-refractivity contribution in [3.8, 4) is 0 Å². The van der Waals surface area contributed by atoms with Crippen molar-refractivity contribution in [2.75, 3.05) is 12.0 Å². The van der Waals surface area contributed by atoms with Crippen molar-refractivity contribution < 1.29 is 17.9 Å². The number of hydrogen-bond donors (Lipinski definition) is 1. The van der Waals surface area contributed by atoms with E-state index in [0.29, 0.717) is 19.3 Å². The number of anilines is 1. The van der Waals surface area contributed by atoms with Crippen LogP contribution in [-0.2, 0) is 25.9 Å². The summed E-state index contributed by atoms with van der Waals surface area (Å²) in [6.45, 7) is -0.0791. The van der Waals surface area contributed by atoms with Crippen molar-refractivity contribution >= 4 is 21.8 Å². The fraction of sp³-hybridized carbons (Fsp3) is 0.727. The zero-order chi connectivity index (χ0) is 14.8. The third-order valence-electron chi connectivity index (χ3n) is 3.33. The first kappa shape index (κ1) is 14.8. The van der Waals surface area contributed by atoms with Crippen molar-refractivity contribution in [2.24, 2.45) is 0 Å². The first-order valence-corrected chi connectivity index (χ1v) is 8.33. The highest BCUT2D eigenvalue weighted by Crippen LogP contribution is 2.26. The van der Waals surface area contributed by atoms with Crippen LogP contribution in [0.2, 0.25) is 0 Å². The Kier molecular flexibility index (Phi) is 4.26. The Bertz CT molecular complexity index is 583. The van der Waals surface area contributed by atoms with E-state index in [1.807, 2.05) is 0 Å². The highest BCUT2D eigenvalue weighted by molar-refractivity contribution is 7.91. The molecule has 0 aromatic carbocycles. The zero-order valence-electron chi connectivity index (χ0n) is 11.2. The van der Waals surface area contributed by atoms with Gasteiger partial charge in [-0.2, -0.15) is 0 Å². The van der Waals surface area contributed by atoms with Gasteiger partial charge in [-0.15, -0.1) is 5.10 Å². The van der Waals surface area contributed by atoms with Crippen molar-refractivity contribution in [2.45, 2.75) is 43.6 Å². The summed E-state index contributed by atoms with van der Waals surface area (Å²) in [6.07, 6.45) is 4.65. The molecule has 0 amide bonds. The van der Waals surface area contributed by atoms with Gasteiger partial charge in [-0.05, 0) is 19.3 Å². The summed E-state index contributed by atoms with van der Waals surface area (Å²) in [4.78, 5) is 15.4. The van der Waals surface area contributed by atoms with Gasteiger partial charge >= 0.3 is 5.97 Å². The lowest BCUT2D eigenvalue weighted by molar-refractivity contribution is -0.151. The van der Waals surface area contributed by atoms with Crippen LogP contribution in [0.15, 0.2) is 6.33 Å². The van der Waals surface area contributed by atoms with Crippen LogP contribution in [0.3, 0.4) is 0 Å². The van der Waals surface area contributed by atoms with E-state index in [-0.39, 0.29) is 18.6 Å². The minimum atomic E-state index is -3.09. The molecule has 2 unspecified atom stereocenters. The molecular weight excluding hydrogens is 284 g/mol. The van der Waals surface area contributed by atoms with Gasteiger partial charge in [-0.1, -0.05) is 0 Å². The van der Waals surface area contributed by atoms with Gasteiger partial charge in [0.1, 0.15) is 28.8 Å². The summed E-state index contributed by atoms with van der Waals surface area (Å²) >= 11 is 0. The minimum Gasteiger partial charge on any atom is -0.461 e. The highest BCUT2D eigenvalue weighted by atomic mass is 32.2. The van der Waals surface area contributed by atoms with Gasteiger partial charge in [0.15, 0.2) is 0 Å². The lowest BCUT2D eigenvalue weighted by Crippen LogP contribution is -2.33. The average molecular weight is 302 g/mol. The third-order valence-corrected chi connectivity index (χ3v) is 4.97. The van der Waals surface area contributed by atoms with Gasteiger partial charge in [0.05, 0.1) is 5.25 Å². The molecule has 2 N–H and O–H groups in total. The molecule has 1 aromatic heterocycles. The number of nitrogen functional groups attached to an aromatic ring is 1. The number of rotatable bonds is 4. The van der Waals surface area contributed by atoms with Gasteiger partial charge in [0.2, 0.25) is 5.95 Å². The van der Waals surface area contributed by atoms with Crippen LogP contribution >= 0.6 is 0 Å². The van der Waals surface area contributed by atoms with Crippen molar-refractivity contribution in [3.63, 3.8) is 0 Å². The van der Waals surface area contributed by atoms with Crippen LogP contribution in [-0.4, -0.2) is 46.8 Å². The van der Waals surface area contributed by atoms with Crippen LogP contribution in [0.1, 0.15) is 25.7 Å². The molecule has 1 heterocycles. The molecule has 1 fully saturated rings. The first-order valence-electron chi connectivity index (χ1n) is 6.38. The van der Waals surface area contributed by atoms with Crippen LogP contribution in [0, 0.1) is 0 Å². The van der Waals surface area contributed by atoms with Gasteiger partial charge in [0.25, 0.3) is 0 Å². The van der Waals surface area contributed by atoms with Crippen LogP contribution < -0.4 is 5.73 Å². The molecule has 8 nitrogen and oxygen atoms in total. The number of nitrogens with zero attached hydrogens (tertiary/aromatic N) is 3. The normalized spacial score (nSPS) is 23.4. The maximum atomic E-state index is 11.7. The fourth-order valence-corrected chi connectivity index (χ4v) is 3.50. The Morgan fingerprint density at radius 2 is 2.30 bits per heavy atom. The largest absolute Gasteiger partial charge is 0.461 e. The highest BCUT2D eigenvalue weighted by Gasteiger charge is 2.30.